The Morgan fingerprint density at radius 1 is 1.29 bits per heavy atom. The van der Waals surface area contributed by atoms with Crippen LogP contribution in [0.5, 0.6) is 0 Å². The molecule has 0 radical (unpaired) electrons. The molecule has 8 nitrogen and oxygen atoms in total. The minimum absolute atomic E-state index is 0.131. The number of amides is 1. The first-order chi connectivity index (χ1) is 13.4. The zero-order valence-corrected chi connectivity index (χ0v) is 16.7. The normalized spacial score (nSPS) is 20.8. The molecule has 0 spiro atoms. The van der Waals surface area contributed by atoms with E-state index in [-0.39, 0.29) is 5.92 Å². The molecule has 1 aromatic carbocycles. The molecular weight excluding hydrogens is 378 g/mol. The van der Waals surface area contributed by atoms with Crippen molar-refractivity contribution in [1.82, 2.24) is 14.5 Å². The lowest BCUT2D eigenvalue weighted by atomic mass is 9.93. The molecule has 2 aliphatic heterocycles. The maximum absolute atomic E-state index is 13.3. The number of aromatic nitrogens is 2. The van der Waals surface area contributed by atoms with Crippen LogP contribution < -0.4 is 10.6 Å². The Morgan fingerprint density at radius 2 is 2.11 bits per heavy atom. The standard InChI is InChI=1S/C19H25N5O3S/c1-23-8-2-4-13-6-7-15(10-17(13)23)28(26,27)24-9-3-5-14(12-24)18-16(19(20)25)11-21-22-18/h6-7,10-11,14H,2-5,8-9,12H2,1H3,(H2,20,25)(H,21,22). The topological polar surface area (TPSA) is 112 Å². The van der Waals surface area contributed by atoms with Crippen LogP contribution in [0, 0.1) is 0 Å². The lowest BCUT2D eigenvalue weighted by molar-refractivity contribution is 0.0998. The molecule has 1 saturated heterocycles. The number of carbonyl (C=O) groups excluding carboxylic acids is 1. The van der Waals surface area contributed by atoms with E-state index >= 15 is 0 Å². The molecule has 150 valence electrons. The molecule has 0 aliphatic carbocycles. The Labute approximate surface area is 164 Å². The average molecular weight is 404 g/mol. The quantitative estimate of drug-likeness (QED) is 0.803. The maximum Gasteiger partial charge on any atom is 0.252 e. The van der Waals surface area contributed by atoms with Gasteiger partial charge in [0.05, 0.1) is 22.3 Å². The summed E-state index contributed by atoms with van der Waals surface area (Å²) in [4.78, 5) is 14.0. The van der Waals surface area contributed by atoms with Crippen LogP contribution in [0.1, 0.15) is 46.8 Å². The summed E-state index contributed by atoms with van der Waals surface area (Å²) in [7, 11) is -1.62. The van der Waals surface area contributed by atoms with Crippen molar-refractivity contribution < 1.29 is 13.2 Å². The minimum Gasteiger partial charge on any atom is -0.374 e. The molecular formula is C19H25N5O3S. The predicted octanol–water partition coefficient (Wildman–Crippen LogP) is 1.46. The van der Waals surface area contributed by atoms with Gasteiger partial charge in [-0.2, -0.15) is 9.40 Å². The van der Waals surface area contributed by atoms with E-state index in [1.54, 1.807) is 12.1 Å². The summed E-state index contributed by atoms with van der Waals surface area (Å²) in [5.74, 6) is -0.685. The number of nitrogens with one attached hydrogen (secondary N) is 1. The molecule has 1 fully saturated rings. The Morgan fingerprint density at radius 3 is 2.89 bits per heavy atom. The van der Waals surface area contributed by atoms with Gasteiger partial charge in [-0.3, -0.25) is 9.89 Å². The highest BCUT2D eigenvalue weighted by Gasteiger charge is 2.33. The van der Waals surface area contributed by atoms with Crippen LogP contribution in [0.3, 0.4) is 0 Å². The van der Waals surface area contributed by atoms with Crippen molar-refractivity contribution in [3.8, 4) is 0 Å². The summed E-state index contributed by atoms with van der Waals surface area (Å²) in [6.45, 7) is 1.70. The van der Waals surface area contributed by atoms with Gasteiger partial charge in [-0.1, -0.05) is 6.07 Å². The van der Waals surface area contributed by atoms with E-state index in [1.807, 2.05) is 13.1 Å². The Bertz CT molecular complexity index is 1000. The van der Waals surface area contributed by atoms with Crippen LogP contribution in [0.2, 0.25) is 0 Å². The van der Waals surface area contributed by atoms with Gasteiger partial charge in [0.25, 0.3) is 5.91 Å². The summed E-state index contributed by atoms with van der Waals surface area (Å²) in [5.41, 5.74) is 8.55. The first-order valence-electron chi connectivity index (χ1n) is 9.55. The van der Waals surface area contributed by atoms with Crippen LogP contribution in [-0.2, 0) is 16.4 Å². The van der Waals surface area contributed by atoms with Crippen LogP contribution in [0.25, 0.3) is 0 Å². The number of piperidine rings is 1. The first-order valence-corrected chi connectivity index (χ1v) is 11.0. The van der Waals surface area contributed by atoms with Crippen molar-refractivity contribution in [2.75, 3.05) is 31.6 Å². The molecule has 1 atom stereocenters. The lowest BCUT2D eigenvalue weighted by Gasteiger charge is -2.32. The minimum atomic E-state index is -3.62. The number of rotatable bonds is 4. The molecule has 1 amide bonds. The van der Waals surface area contributed by atoms with Crippen LogP contribution in [-0.4, -0.2) is 55.5 Å². The number of aromatic amines is 1. The third-order valence-corrected chi connectivity index (χ3v) is 7.63. The third-order valence-electron chi connectivity index (χ3n) is 5.77. The number of fused-ring (bicyclic) bond motifs is 1. The number of primary amides is 1. The highest BCUT2D eigenvalue weighted by atomic mass is 32.2. The number of anilines is 1. The summed E-state index contributed by atoms with van der Waals surface area (Å²) < 4.78 is 28.1. The van der Waals surface area contributed by atoms with Crippen molar-refractivity contribution in [3.63, 3.8) is 0 Å². The van der Waals surface area contributed by atoms with Crippen molar-refractivity contribution in [2.24, 2.45) is 5.73 Å². The van der Waals surface area contributed by atoms with Crippen molar-refractivity contribution in [1.29, 1.82) is 0 Å². The van der Waals surface area contributed by atoms with Crippen molar-refractivity contribution in [3.05, 3.63) is 41.2 Å². The van der Waals surface area contributed by atoms with Gasteiger partial charge in [-0.15, -0.1) is 0 Å². The van der Waals surface area contributed by atoms with Crippen LogP contribution in [0.4, 0.5) is 5.69 Å². The molecule has 2 aliphatic rings. The van der Waals surface area contributed by atoms with Gasteiger partial charge < -0.3 is 10.6 Å². The number of carbonyl (C=O) groups is 1. The third kappa shape index (κ3) is 3.29. The Kier molecular flexibility index (Phi) is 4.88. The fourth-order valence-electron chi connectivity index (χ4n) is 4.25. The monoisotopic (exact) mass is 403 g/mol. The van der Waals surface area contributed by atoms with E-state index < -0.39 is 15.9 Å². The smallest absolute Gasteiger partial charge is 0.252 e. The van der Waals surface area contributed by atoms with E-state index in [4.69, 9.17) is 5.73 Å². The molecule has 2 aromatic rings. The second-order valence-electron chi connectivity index (χ2n) is 7.58. The van der Waals surface area contributed by atoms with E-state index in [9.17, 15) is 13.2 Å². The van der Waals surface area contributed by atoms with Gasteiger partial charge in [0.1, 0.15) is 0 Å². The van der Waals surface area contributed by atoms with E-state index in [0.29, 0.717) is 35.7 Å². The molecule has 1 unspecified atom stereocenters. The molecule has 1 aromatic heterocycles. The summed E-state index contributed by atoms with van der Waals surface area (Å²) in [5, 5.41) is 6.76. The highest BCUT2D eigenvalue weighted by molar-refractivity contribution is 7.89. The summed E-state index contributed by atoms with van der Waals surface area (Å²) in [6, 6.07) is 5.43. The fourth-order valence-corrected chi connectivity index (χ4v) is 5.79. The highest BCUT2D eigenvalue weighted by Crippen LogP contribution is 2.33. The van der Waals surface area contributed by atoms with Gasteiger partial charge in [0, 0.05) is 38.3 Å². The largest absolute Gasteiger partial charge is 0.374 e. The Balaban J connectivity index is 1.62. The second kappa shape index (κ2) is 7.21. The zero-order chi connectivity index (χ0) is 19.9. The molecule has 28 heavy (non-hydrogen) atoms. The van der Waals surface area contributed by atoms with E-state index in [2.05, 4.69) is 15.1 Å². The van der Waals surface area contributed by atoms with Gasteiger partial charge in [-0.25, -0.2) is 8.42 Å². The maximum atomic E-state index is 13.3. The molecule has 4 rings (SSSR count). The zero-order valence-electron chi connectivity index (χ0n) is 15.9. The number of hydrogen-bond acceptors (Lipinski definition) is 5. The van der Waals surface area contributed by atoms with Crippen LogP contribution >= 0.6 is 0 Å². The predicted molar refractivity (Wildman–Crippen MR) is 106 cm³/mol. The molecule has 9 heteroatoms. The fraction of sp³-hybridized carbons (Fsp3) is 0.474. The average Bonchev–Trinajstić information content (AvgIpc) is 3.18. The second-order valence-corrected chi connectivity index (χ2v) is 9.52. The van der Waals surface area contributed by atoms with Gasteiger partial charge in [0.2, 0.25) is 10.0 Å². The van der Waals surface area contributed by atoms with Crippen molar-refractivity contribution in [2.45, 2.75) is 36.5 Å². The molecule has 0 saturated carbocycles. The number of aryl methyl sites for hydroxylation is 1. The van der Waals surface area contributed by atoms with Gasteiger partial charge >= 0.3 is 0 Å². The summed E-state index contributed by atoms with van der Waals surface area (Å²) in [6.07, 6.45) is 4.95. The first kappa shape index (κ1) is 18.9. The van der Waals surface area contributed by atoms with E-state index in [0.717, 1.165) is 31.5 Å². The number of nitrogens with zero attached hydrogens (tertiary/aromatic N) is 3. The molecule has 3 N–H and O–H groups in total. The Hall–Kier alpha value is -2.39. The number of sulfonamides is 1. The number of hydrogen-bond donors (Lipinski definition) is 2. The molecule has 3 heterocycles. The SMILES string of the molecule is CN1CCCc2ccc(S(=O)(=O)N3CCCC(c4[nH]ncc4C(N)=O)C3)cc21. The number of benzene rings is 1. The van der Waals surface area contributed by atoms with Gasteiger partial charge in [0.15, 0.2) is 0 Å². The lowest BCUT2D eigenvalue weighted by Crippen LogP contribution is -2.39. The van der Waals surface area contributed by atoms with Crippen molar-refractivity contribution >= 4 is 21.6 Å². The summed E-state index contributed by atoms with van der Waals surface area (Å²) >= 11 is 0. The molecule has 0 bridgehead atoms. The van der Waals surface area contributed by atoms with Crippen LogP contribution in [0.15, 0.2) is 29.3 Å². The van der Waals surface area contributed by atoms with Gasteiger partial charge in [-0.05, 0) is 43.4 Å². The number of H-pyrrole nitrogens is 1. The van der Waals surface area contributed by atoms with E-state index in [1.165, 1.54) is 16.1 Å². The number of nitrogens with two attached hydrogens (primary N) is 1.